The molecular formula is C12H25N. The van der Waals surface area contributed by atoms with Gasteiger partial charge in [0, 0.05) is 11.7 Å². The van der Waals surface area contributed by atoms with Gasteiger partial charge in [-0.15, -0.1) is 0 Å². The highest BCUT2D eigenvalue weighted by Gasteiger charge is 2.14. The van der Waals surface area contributed by atoms with Gasteiger partial charge in [0.15, 0.2) is 0 Å². The summed E-state index contributed by atoms with van der Waals surface area (Å²) in [7, 11) is 0. The zero-order valence-corrected chi connectivity index (χ0v) is 10.1. The first-order valence-electron chi connectivity index (χ1n) is 5.16. The van der Waals surface area contributed by atoms with Gasteiger partial charge in [0.25, 0.3) is 0 Å². The Balaban J connectivity index is 3.89. The third-order valence-corrected chi connectivity index (χ3v) is 2.18. The van der Waals surface area contributed by atoms with Crippen molar-refractivity contribution in [3.63, 3.8) is 0 Å². The van der Waals surface area contributed by atoms with Gasteiger partial charge < -0.3 is 5.32 Å². The number of rotatable bonds is 4. The molecule has 0 aromatic heterocycles. The van der Waals surface area contributed by atoms with E-state index in [0.717, 1.165) is 12.1 Å². The Hall–Kier alpha value is -0.460. The molecule has 1 unspecified atom stereocenters. The average Bonchev–Trinajstić information content (AvgIpc) is 1.81. The van der Waals surface area contributed by atoms with Gasteiger partial charge in [-0.3, -0.25) is 0 Å². The second-order valence-electron chi connectivity index (χ2n) is 5.52. The molecule has 1 N–H and O–H groups in total. The number of hydrogen-bond donors (Lipinski definition) is 1. The first-order chi connectivity index (χ1) is 5.72. The predicted molar refractivity (Wildman–Crippen MR) is 60.6 cm³/mol. The monoisotopic (exact) mass is 183 g/mol. The summed E-state index contributed by atoms with van der Waals surface area (Å²) in [5, 5.41) is 3.44. The maximum atomic E-state index is 4.05. The second-order valence-corrected chi connectivity index (χ2v) is 5.52. The molecule has 78 valence electrons. The minimum Gasteiger partial charge on any atom is -0.386 e. The van der Waals surface area contributed by atoms with Crippen molar-refractivity contribution in [1.29, 1.82) is 0 Å². The second kappa shape index (κ2) is 4.69. The van der Waals surface area contributed by atoms with E-state index in [1.807, 2.05) is 0 Å². The van der Waals surface area contributed by atoms with Crippen LogP contribution in [0.2, 0.25) is 0 Å². The fourth-order valence-electron chi connectivity index (χ4n) is 1.18. The molecule has 0 fully saturated rings. The van der Waals surface area contributed by atoms with Gasteiger partial charge in [0.2, 0.25) is 0 Å². The van der Waals surface area contributed by atoms with Crippen molar-refractivity contribution >= 4 is 0 Å². The van der Waals surface area contributed by atoms with Crippen molar-refractivity contribution < 1.29 is 0 Å². The lowest BCUT2D eigenvalue weighted by atomic mass is 9.90. The highest BCUT2D eigenvalue weighted by molar-refractivity contribution is 4.96. The minimum absolute atomic E-state index is 0.334. The molecule has 0 aliphatic heterocycles. The maximum absolute atomic E-state index is 4.05. The topological polar surface area (TPSA) is 12.0 Å². The Kier molecular flexibility index (Phi) is 4.52. The van der Waals surface area contributed by atoms with E-state index in [1.165, 1.54) is 0 Å². The van der Waals surface area contributed by atoms with Crippen LogP contribution in [0.4, 0.5) is 0 Å². The molecule has 1 atom stereocenters. The molecule has 0 amide bonds. The Labute approximate surface area is 83.6 Å². The van der Waals surface area contributed by atoms with Gasteiger partial charge in [-0.25, -0.2) is 0 Å². The van der Waals surface area contributed by atoms with Gasteiger partial charge in [-0.2, -0.15) is 0 Å². The minimum atomic E-state index is 0.334. The standard InChI is InChI=1S/C12H25N/c1-9(2)11(4)13-10(3)8-12(5,6)7/h9,11,13H,3,8H2,1-2,4-7H3. The molecule has 0 aromatic carbocycles. The zero-order chi connectivity index (χ0) is 10.6. The van der Waals surface area contributed by atoms with E-state index in [9.17, 15) is 0 Å². The molecule has 0 aliphatic rings. The quantitative estimate of drug-likeness (QED) is 0.702. The van der Waals surface area contributed by atoms with Crippen molar-refractivity contribution in [3.8, 4) is 0 Å². The van der Waals surface area contributed by atoms with Crippen molar-refractivity contribution in [1.82, 2.24) is 5.32 Å². The molecule has 0 saturated carbocycles. The Morgan fingerprint density at radius 1 is 1.23 bits per heavy atom. The van der Waals surface area contributed by atoms with E-state index in [4.69, 9.17) is 0 Å². The molecule has 0 aliphatic carbocycles. The molecule has 0 spiro atoms. The van der Waals surface area contributed by atoms with Crippen molar-refractivity contribution in [2.24, 2.45) is 11.3 Å². The van der Waals surface area contributed by atoms with Crippen LogP contribution in [0.5, 0.6) is 0 Å². The summed E-state index contributed by atoms with van der Waals surface area (Å²) in [6.07, 6.45) is 1.05. The van der Waals surface area contributed by atoms with Crippen molar-refractivity contribution in [2.45, 2.75) is 54.0 Å². The van der Waals surface area contributed by atoms with Crippen LogP contribution >= 0.6 is 0 Å². The molecular weight excluding hydrogens is 158 g/mol. The summed E-state index contributed by atoms with van der Waals surface area (Å²) >= 11 is 0. The van der Waals surface area contributed by atoms with Gasteiger partial charge in [-0.1, -0.05) is 41.2 Å². The summed E-state index contributed by atoms with van der Waals surface area (Å²) in [6.45, 7) is 17.4. The molecule has 0 radical (unpaired) electrons. The van der Waals surface area contributed by atoms with Crippen LogP contribution in [0.3, 0.4) is 0 Å². The molecule has 1 nitrogen and oxygen atoms in total. The molecule has 0 aromatic rings. The predicted octanol–water partition coefficient (Wildman–Crippen LogP) is 3.57. The van der Waals surface area contributed by atoms with E-state index >= 15 is 0 Å². The highest BCUT2D eigenvalue weighted by atomic mass is 14.9. The van der Waals surface area contributed by atoms with E-state index < -0.39 is 0 Å². The summed E-state index contributed by atoms with van der Waals surface area (Å²) in [5.74, 6) is 0.664. The Morgan fingerprint density at radius 2 is 1.69 bits per heavy atom. The van der Waals surface area contributed by atoms with Crippen LogP contribution < -0.4 is 5.32 Å². The van der Waals surface area contributed by atoms with Crippen molar-refractivity contribution in [3.05, 3.63) is 12.3 Å². The lowest BCUT2D eigenvalue weighted by Gasteiger charge is -2.25. The Bertz CT molecular complexity index is 162. The molecule has 0 rings (SSSR count). The Morgan fingerprint density at radius 3 is 2.00 bits per heavy atom. The normalized spacial score (nSPS) is 14.4. The van der Waals surface area contributed by atoms with E-state index in [1.54, 1.807) is 0 Å². The summed E-state index contributed by atoms with van der Waals surface area (Å²) in [6, 6.07) is 0.523. The first kappa shape index (κ1) is 12.5. The molecule has 1 heteroatoms. The van der Waals surface area contributed by atoms with E-state index in [2.05, 4.69) is 53.4 Å². The number of allylic oxidation sites excluding steroid dienone is 1. The molecule has 0 heterocycles. The average molecular weight is 183 g/mol. The van der Waals surface area contributed by atoms with Crippen LogP contribution in [-0.4, -0.2) is 6.04 Å². The van der Waals surface area contributed by atoms with Crippen molar-refractivity contribution in [2.75, 3.05) is 0 Å². The summed E-state index contributed by atoms with van der Waals surface area (Å²) in [5.41, 5.74) is 1.49. The number of hydrogen-bond acceptors (Lipinski definition) is 1. The maximum Gasteiger partial charge on any atom is 0.0252 e. The molecule has 0 saturated heterocycles. The SMILES string of the molecule is C=C(CC(C)(C)C)NC(C)C(C)C. The fourth-order valence-corrected chi connectivity index (χ4v) is 1.18. The first-order valence-corrected chi connectivity index (χ1v) is 5.16. The lowest BCUT2D eigenvalue weighted by molar-refractivity contribution is 0.377. The van der Waals surface area contributed by atoms with Gasteiger partial charge >= 0.3 is 0 Å². The summed E-state index contributed by atoms with van der Waals surface area (Å²) < 4.78 is 0. The number of nitrogens with one attached hydrogen (secondary N) is 1. The van der Waals surface area contributed by atoms with Gasteiger partial charge in [-0.05, 0) is 24.7 Å². The van der Waals surface area contributed by atoms with Crippen LogP contribution in [-0.2, 0) is 0 Å². The fraction of sp³-hybridized carbons (Fsp3) is 0.833. The third-order valence-electron chi connectivity index (χ3n) is 2.18. The van der Waals surface area contributed by atoms with E-state index in [0.29, 0.717) is 17.4 Å². The van der Waals surface area contributed by atoms with Gasteiger partial charge in [0.05, 0.1) is 0 Å². The highest BCUT2D eigenvalue weighted by Crippen LogP contribution is 2.22. The van der Waals surface area contributed by atoms with Gasteiger partial charge in [0.1, 0.15) is 0 Å². The zero-order valence-electron chi connectivity index (χ0n) is 10.1. The third kappa shape index (κ3) is 6.68. The van der Waals surface area contributed by atoms with Crippen LogP contribution in [0.15, 0.2) is 12.3 Å². The summed E-state index contributed by atoms with van der Waals surface area (Å²) in [4.78, 5) is 0. The van der Waals surface area contributed by atoms with Crippen LogP contribution in [0.1, 0.15) is 48.0 Å². The largest absolute Gasteiger partial charge is 0.386 e. The van der Waals surface area contributed by atoms with E-state index in [-0.39, 0.29) is 0 Å². The van der Waals surface area contributed by atoms with Crippen LogP contribution in [0.25, 0.3) is 0 Å². The smallest absolute Gasteiger partial charge is 0.0252 e. The molecule has 0 bridgehead atoms. The lowest BCUT2D eigenvalue weighted by Crippen LogP contribution is -2.31. The van der Waals surface area contributed by atoms with Crippen LogP contribution in [0, 0.1) is 11.3 Å². The molecule has 13 heavy (non-hydrogen) atoms.